The molecule has 0 spiro atoms. The van der Waals surface area contributed by atoms with Crippen LogP contribution >= 0.6 is 0 Å². The van der Waals surface area contributed by atoms with E-state index < -0.39 is 0 Å². The van der Waals surface area contributed by atoms with Crippen molar-refractivity contribution in [3.63, 3.8) is 0 Å². The molecule has 1 saturated carbocycles. The van der Waals surface area contributed by atoms with Gasteiger partial charge in [-0.1, -0.05) is 6.42 Å². The van der Waals surface area contributed by atoms with Crippen molar-refractivity contribution in [2.45, 2.75) is 32.1 Å². The van der Waals surface area contributed by atoms with Gasteiger partial charge in [-0.2, -0.15) is 0 Å². The predicted molar refractivity (Wildman–Crippen MR) is 66.4 cm³/mol. The fourth-order valence-electron chi connectivity index (χ4n) is 3.12. The van der Waals surface area contributed by atoms with Gasteiger partial charge in [-0.15, -0.1) is 0 Å². The maximum atomic E-state index is 5.91. The number of rotatable bonds is 5. The lowest BCUT2D eigenvalue weighted by molar-refractivity contribution is 0.0413. The Kier molecular flexibility index (Phi) is 4.22. The summed E-state index contributed by atoms with van der Waals surface area (Å²) in [6.45, 7) is 5.55. The highest BCUT2D eigenvalue weighted by Gasteiger charge is 2.37. The lowest BCUT2D eigenvalue weighted by Crippen LogP contribution is -2.49. The van der Waals surface area contributed by atoms with Gasteiger partial charge in [0.05, 0.1) is 0 Å². The molecule has 0 atom stereocenters. The van der Waals surface area contributed by atoms with E-state index in [1.165, 1.54) is 51.7 Å². The largest absolute Gasteiger partial charge is 0.384 e. The minimum atomic E-state index is 0.480. The number of likely N-dealkylation sites (tertiary alicyclic amines) is 1. The molecular weight excluding hydrogens is 200 g/mol. The van der Waals surface area contributed by atoms with E-state index in [0.717, 1.165) is 19.1 Å². The second-order valence-electron chi connectivity index (χ2n) is 5.73. The Balaban J connectivity index is 1.72. The lowest BCUT2D eigenvalue weighted by atomic mass is 9.68. The van der Waals surface area contributed by atoms with Gasteiger partial charge in [0, 0.05) is 20.3 Å². The number of hydrogen-bond donors (Lipinski definition) is 1. The summed E-state index contributed by atoms with van der Waals surface area (Å²) in [5.74, 6) is 0.788. The topological polar surface area (TPSA) is 38.5 Å². The maximum absolute atomic E-state index is 5.91. The van der Waals surface area contributed by atoms with Crippen LogP contribution in [-0.2, 0) is 4.74 Å². The first kappa shape index (κ1) is 12.3. The van der Waals surface area contributed by atoms with Gasteiger partial charge in [0.15, 0.2) is 0 Å². The highest BCUT2D eigenvalue weighted by atomic mass is 16.5. The number of nitrogens with zero attached hydrogens (tertiary/aromatic N) is 1. The van der Waals surface area contributed by atoms with Crippen molar-refractivity contribution in [3.8, 4) is 0 Å². The van der Waals surface area contributed by atoms with Crippen molar-refractivity contribution in [1.29, 1.82) is 0 Å². The predicted octanol–water partition coefficient (Wildman–Crippen LogP) is 1.47. The number of nitrogens with two attached hydrogens (primary N) is 1. The van der Waals surface area contributed by atoms with Gasteiger partial charge in [0.2, 0.25) is 0 Å². The van der Waals surface area contributed by atoms with Gasteiger partial charge in [-0.05, 0) is 56.7 Å². The van der Waals surface area contributed by atoms with Crippen LogP contribution in [0, 0.1) is 11.3 Å². The number of piperidine rings is 1. The Labute approximate surface area is 99.3 Å². The van der Waals surface area contributed by atoms with E-state index >= 15 is 0 Å². The van der Waals surface area contributed by atoms with Crippen molar-refractivity contribution < 1.29 is 4.74 Å². The van der Waals surface area contributed by atoms with Crippen molar-refractivity contribution in [2.24, 2.45) is 17.1 Å². The Morgan fingerprint density at radius 2 is 2.00 bits per heavy atom. The standard InChI is InChI=1S/C13H26N2O/c1-16-9-12-3-7-15(8-4-12)11-13(10-14)5-2-6-13/h12H,2-11,14H2,1H3. The molecule has 1 heterocycles. The Morgan fingerprint density at radius 3 is 2.44 bits per heavy atom. The minimum absolute atomic E-state index is 0.480. The van der Waals surface area contributed by atoms with Crippen LogP contribution < -0.4 is 5.73 Å². The molecule has 0 radical (unpaired) electrons. The van der Waals surface area contributed by atoms with Crippen LogP contribution in [0.4, 0.5) is 0 Å². The third kappa shape index (κ3) is 2.76. The highest BCUT2D eigenvalue weighted by Crippen LogP contribution is 2.41. The van der Waals surface area contributed by atoms with Gasteiger partial charge in [-0.25, -0.2) is 0 Å². The third-order valence-corrected chi connectivity index (χ3v) is 4.52. The second kappa shape index (κ2) is 5.48. The monoisotopic (exact) mass is 226 g/mol. The molecule has 3 heteroatoms. The average Bonchev–Trinajstić information content (AvgIpc) is 2.26. The van der Waals surface area contributed by atoms with E-state index in [4.69, 9.17) is 10.5 Å². The first-order chi connectivity index (χ1) is 7.78. The molecule has 94 valence electrons. The average molecular weight is 226 g/mol. The first-order valence-electron chi connectivity index (χ1n) is 6.69. The molecule has 1 aliphatic carbocycles. The van der Waals surface area contributed by atoms with Crippen LogP contribution in [-0.4, -0.2) is 44.8 Å². The van der Waals surface area contributed by atoms with Crippen molar-refractivity contribution in [2.75, 3.05) is 39.9 Å². The summed E-state index contributed by atoms with van der Waals surface area (Å²) >= 11 is 0. The minimum Gasteiger partial charge on any atom is -0.384 e. The molecule has 0 amide bonds. The van der Waals surface area contributed by atoms with Gasteiger partial charge in [0.25, 0.3) is 0 Å². The van der Waals surface area contributed by atoms with Crippen LogP contribution in [0.5, 0.6) is 0 Å². The zero-order valence-electron chi connectivity index (χ0n) is 10.6. The van der Waals surface area contributed by atoms with Crippen LogP contribution in [0.15, 0.2) is 0 Å². The molecule has 0 unspecified atom stereocenters. The summed E-state index contributed by atoms with van der Waals surface area (Å²) in [5.41, 5.74) is 6.39. The molecule has 2 fully saturated rings. The van der Waals surface area contributed by atoms with E-state index in [1.54, 1.807) is 0 Å². The SMILES string of the molecule is COCC1CCN(CC2(CN)CCC2)CC1. The Morgan fingerprint density at radius 1 is 1.31 bits per heavy atom. The third-order valence-electron chi connectivity index (χ3n) is 4.52. The number of ether oxygens (including phenoxy) is 1. The van der Waals surface area contributed by atoms with E-state index in [-0.39, 0.29) is 0 Å². The Hall–Kier alpha value is -0.120. The molecule has 1 aliphatic heterocycles. The normalized spacial score (nSPS) is 26.6. The molecule has 0 aromatic carbocycles. The molecule has 2 rings (SSSR count). The van der Waals surface area contributed by atoms with Gasteiger partial charge >= 0.3 is 0 Å². The van der Waals surface area contributed by atoms with Gasteiger partial charge in [-0.3, -0.25) is 0 Å². The van der Waals surface area contributed by atoms with E-state index in [0.29, 0.717) is 5.41 Å². The van der Waals surface area contributed by atoms with E-state index in [1.807, 2.05) is 7.11 Å². The van der Waals surface area contributed by atoms with Crippen molar-refractivity contribution in [3.05, 3.63) is 0 Å². The fourth-order valence-corrected chi connectivity index (χ4v) is 3.12. The summed E-state index contributed by atoms with van der Waals surface area (Å²) in [6, 6.07) is 0. The van der Waals surface area contributed by atoms with Crippen LogP contribution in [0.2, 0.25) is 0 Å². The molecule has 0 aromatic heterocycles. The zero-order chi connectivity index (χ0) is 11.4. The lowest BCUT2D eigenvalue weighted by Gasteiger charge is -2.46. The van der Waals surface area contributed by atoms with Crippen molar-refractivity contribution >= 4 is 0 Å². The molecule has 2 aliphatic rings. The van der Waals surface area contributed by atoms with Crippen LogP contribution in [0.1, 0.15) is 32.1 Å². The molecule has 16 heavy (non-hydrogen) atoms. The summed E-state index contributed by atoms with van der Waals surface area (Å²) in [6.07, 6.45) is 6.68. The first-order valence-corrected chi connectivity index (χ1v) is 6.69. The van der Waals surface area contributed by atoms with E-state index in [2.05, 4.69) is 4.90 Å². The molecule has 3 nitrogen and oxygen atoms in total. The highest BCUT2D eigenvalue weighted by molar-refractivity contribution is 4.92. The molecule has 0 bridgehead atoms. The molecular formula is C13H26N2O. The van der Waals surface area contributed by atoms with Crippen molar-refractivity contribution in [1.82, 2.24) is 4.90 Å². The number of hydrogen-bond acceptors (Lipinski definition) is 3. The van der Waals surface area contributed by atoms with Crippen LogP contribution in [0.3, 0.4) is 0 Å². The van der Waals surface area contributed by atoms with Gasteiger partial charge < -0.3 is 15.4 Å². The summed E-state index contributed by atoms with van der Waals surface area (Å²) < 4.78 is 5.23. The smallest absolute Gasteiger partial charge is 0.0491 e. The quantitative estimate of drug-likeness (QED) is 0.771. The molecule has 0 aromatic rings. The molecule has 2 N–H and O–H groups in total. The van der Waals surface area contributed by atoms with Gasteiger partial charge in [0.1, 0.15) is 0 Å². The zero-order valence-corrected chi connectivity index (χ0v) is 10.6. The summed E-state index contributed by atoms with van der Waals surface area (Å²) in [4.78, 5) is 2.62. The second-order valence-corrected chi connectivity index (χ2v) is 5.73. The number of methoxy groups -OCH3 is 1. The maximum Gasteiger partial charge on any atom is 0.0491 e. The van der Waals surface area contributed by atoms with Crippen LogP contribution in [0.25, 0.3) is 0 Å². The summed E-state index contributed by atoms with van der Waals surface area (Å²) in [5, 5.41) is 0. The Bertz CT molecular complexity index is 202. The summed E-state index contributed by atoms with van der Waals surface area (Å²) in [7, 11) is 1.81. The fraction of sp³-hybridized carbons (Fsp3) is 1.00. The molecule has 1 saturated heterocycles. The van der Waals surface area contributed by atoms with E-state index in [9.17, 15) is 0 Å².